The van der Waals surface area contributed by atoms with E-state index in [0.717, 1.165) is 28.0 Å². The second-order valence-corrected chi connectivity index (χ2v) is 7.27. The lowest BCUT2D eigenvalue weighted by Gasteiger charge is -2.15. The second-order valence-electron chi connectivity index (χ2n) is 6.36. The van der Waals surface area contributed by atoms with E-state index in [4.69, 9.17) is 4.42 Å². The number of amides is 3. The molecule has 28 heavy (non-hydrogen) atoms. The number of halogens is 2. The first-order chi connectivity index (χ1) is 12.9. The molecule has 1 aromatic carbocycles. The third-order valence-corrected chi connectivity index (χ3v) is 4.51. The molecule has 3 rings (SSSR count). The molecule has 2 aromatic rings. The van der Waals surface area contributed by atoms with Crippen LogP contribution in [0.25, 0.3) is 11.3 Å². The number of urea groups is 1. The van der Waals surface area contributed by atoms with E-state index in [1.54, 1.807) is 6.20 Å². The molecular formula is C18H21BrClN5O3. The molecule has 0 atom stereocenters. The van der Waals surface area contributed by atoms with Gasteiger partial charge in [0.1, 0.15) is 12.8 Å². The standard InChI is InChI=1S/C18H20BrN5O3.ClH/c1-22(2)8-3-9-23-17(25)12-24(18(23)26)21-11-16-20-10-15(27-16)13-4-6-14(19)7-5-13;/h4-7,10-11H,3,8-9,12H2,1-2H3;1H. The third-order valence-electron chi connectivity index (χ3n) is 3.98. The van der Waals surface area contributed by atoms with Crippen LogP contribution in [0.5, 0.6) is 0 Å². The lowest BCUT2D eigenvalue weighted by Crippen LogP contribution is -2.33. The zero-order valence-corrected chi connectivity index (χ0v) is 17.9. The molecule has 1 aromatic heterocycles. The maximum absolute atomic E-state index is 12.3. The van der Waals surface area contributed by atoms with Crippen LogP contribution in [0.15, 0.2) is 44.5 Å². The first kappa shape index (κ1) is 22.1. The van der Waals surface area contributed by atoms with Gasteiger partial charge in [0.15, 0.2) is 5.76 Å². The maximum atomic E-state index is 12.3. The molecule has 0 saturated carbocycles. The van der Waals surface area contributed by atoms with E-state index < -0.39 is 6.03 Å². The Morgan fingerprint density at radius 2 is 2.00 bits per heavy atom. The minimum Gasteiger partial charge on any atom is -0.435 e. The number of oxazole rings is 1. The van der Waals surface area contributed by atoms with Gasteiger partial charge in [-0.25, -0.2) is 14.8 Å². The monoisotopic (exact) mass is 469 g/mol. The Bertz CT molecular complexity index is 853. The molecule has 1 fully saturated rings. The van der Waals surface area contributed by atoms with E-state index >= 15 is 0 Å². The van der Waals surface area contributed by atoms with Crippen molar-refractivity contribution in [2.75, 3.05) is 33.7 Å². The molecule has 150 valence electrons. The van der Waals surface area contributed by atoms with E-state index in [9.17, 15) is 9.59 Å². The number of rotatable bonds is 7. The van der Waals surface area contributed by atoms with Gasteiger partial charge in [-0.3, -0.25) is 9.69 Å². The number of imide groups is 1. The SMILES string of the molecule is CN(C)CCCN1C(=O)CN(N=Cc2ncc(-c3ccc(Br)cc3)o2)C1=O.Cl. The van der Waals surface area contributed by atoms with Crippen LogP contribution >= 0.6 is 28.3 Å². The fourth-order valence-electron chi connectivity index (χ4n) is 2.60. The van der Waals surface area contributed by atoms with E-state index in [0.29, 0.717) is 12.3 Å². The number of hydrazone groups is 1. The van der Waals surface area contributed by atoms with Crippen LogP contribution in [-0.4, -0.2) is 71.7 Å². The molecule has 2 heterocycles. The third kappa shape index (κ3) is 5.40. The van der Waals surface area contributed by atoms with Crippen molar-refractivity contribution < 1.29 is 14.0 Å². The quantitative estimate of drug-likeness (QED) is 0.459. The fourth-order valence-corrected chi connectivity index (χ4v) is 2.86. The predicted octanol–water partition coefficient (Wildman–Crippen LogP) is 3.08. The molecule has 1 aliphatic heterocycles. The van der Waals surface area contributed by atoms with Gasteiger partial charge in [-0.15, -0.1) is 12.4 Å². The summed E-state index contributed by atoms with van der Waals surface area (Å²) >= 11 is 3.38. The van der Waals surface area contributed by atoms with Gasteiger partial charge in [0.2, 0.25) is 5.89 Å². The van der Waals surface area contributed by atoms with Crippen LogP contribution < -0.4 is 0 Å². The molecule has 0 N–H and O–H groups in total. The highest BCUT2D eigenvalue weighted by Crippen LogP contribution is 2.22. The number of hydrogen-bond acceptors (Lipinski definition) is 6. The first-order valence-corrected chi connectivity index (χ1v) is 9.25. The molecule has 3 amide bonds. The zero-order valence-electron chi connectivity index (χ0n) is 15.5. The van der Waals surface area contributed by atoms with Crippen LogP contribution in [0.2, 0.25) is 0 Å². The van der Waals surface area contributed by atoms with Crippen molar-refractivity contribution in [3.8, 4) is 11.3 Å². The van der Waals surface area contributed by atoms with Crippen LogP contribution in [0.1, 0.15) is 12.3 Å². The van der Waals surface area contributed by atoms with Crippen LogP contribution in [0, 0.1) is 0 Å². The minimum absolute atomic E-state index is 0. The van der Waals surface area contributed by atoms with E-state index in [-0.39, 0.29) is 30.7 Å². The number of hydrogen-bond donors (Lipinski definition) is 0. The molecule has 0 radical (unpaired) electrons. The Morgan fingerprint density at radius 3 is 2.68 bits per heavy atom. The molecule has 0 aliphatic carbocycles. The Morgan fingerprint density at radius 1 is 1.29 bits per heavy atom. The van der Waals surface area contributed by atoms with Crippen molar-refractivity contribution in [2.45, 2.75) is 6.42 Å². The average Bonchev–Trinajstić information content (AvgIpc) is 3.20. The summed E-state index contributed by atoms with van der Waals surface area (Å²) in [5.41, 5.74) is 0.879. The lowest BCUT2D eigenvalue weighted by molar-refractivity contribution is -0.125. The summed E-state index contributed by atoms with van der Waals surface area (Å²) in [5.74, 6) is 0.608. The minimum atomic E-state index is -0.422. The summed E-state index contributed by atoms with van der Waals surface area (Å²) in [6.45, 7) is 1.11. The van der Waals surface area contributed by atoms with Crippen molar-refractivity contribution in [1.29, 1.82) is 0 Å². The highest BCUT2D eigenvalue weighted by Gasteiger charge is 2.35. The van der Waals surface area contributed by atoms with Crippen molar-refractivity contribution in [3.05, 3.63) is 40.8 Å². The summed E-state index contributed by atoms with van der Waals surface area (Å²) < 4.78 is 6.60. The molecule has 0 unspecified atom stereocenters. The van der Waals surface area contributed by atoms with Gasteiger partial charge in [0, 0.05) is 16.6 Å². The maximum Gasteiger partial charge on any atom is 0.347 e. The number of carbonyl (C=O) groups excluding carboxylic acids is 2. The summed E-state index contributed by atoms with van der Waals surface area (Å²) in [7, 11) is 3.90. The smallest absolute Gasteiger partial charge is 0.347 e. The van der Waals surface area contributed by atoms with Crippen LogP contribution in [-0.2, 0) is 4.79 Å². The molecule has 10 heteroatoms. The first-order valence-electron chi connectivity index (χ1n) is 8.46. The van der Waals surface area contributed by atoms with E-state index in [1.165, 1.54) is 11.1 Å². The Kier molecular flexibility index (Phi) is 7.73. The molecule has 0 bridgehead atoms. The number of aromatic nitrogens is 1. The van der Waals surface area contributed by atoms with Crippen molar-refractivity contribution in [1.82, 2.24) is 19.8 Å². The molecule has 1 saturated heterocycles. The molecule has 1 aliphatic rings. The van der Waals surface area contributed by atoms with Gasteiger partial charge in [-0.1, -0.05) is 28.1 Å². The summed E-state index contributed by atoms with van der Waals surface area (Å²) in [6.07, 6.45) is 3.66. The lowest BCUT2D eigenvalue weighted by atomic mass is 10.2. The van der Waals surface area contributed by atoms with Gasteiger partial charge < -0.3 is 9.32 Å². The van der Waals surface area contributed by atoms with Crippen molar-refractivity contribution >= 4 is 46.5 Å². The largest absolute Gasteiger partial charge is 0.435 e. The van der Waals surface area contributed by atoms with E-state index in [2.05, 4.69) is 26.0 Å². The van der Waals surface area contributed by atoms with Crippen molar-refractivity contribution in [3.63, 3.8) is 0 Å². The number of nitrogens with zero attached hydrogens (tertiary/aromatic N) is 5. The van der Waals surface area contributed by atoms with Crippen LogP contribution in [0.3, 0.4) is 0 Å². The summed E-state index contributed by atoms with van der Waals surface area (Å²) in [6, 6.07) is 7.20. The highest BCUT2D eigenvalue weighted by molar-refractivity contribution is 9.10. The number of carbonyl (C=O) groups is 2. The summed E-state index contributed by atoms with van der Waals surface area (Å²) in [4.78, 5) is 31.7. The van der Waals surface area contributed by atoms with Gasteiger partial charge in [0.05, 0.1) is 6.20 Å². The van der Waals surface area contributed by atoms with Crippen molar-refractivity contribution in [2.24, 2.45) is 5.10 Å². The second kappa shape index (κ2) is 9.81. The van der Waals surface area contributed by atoms with E-state index in [1.807, 2.05) is 43.3 Å². The highest BCUT2D eigenvalue weighted by atomic mass is 79.9. The van der Waals surface area contributed by atoms with Gasteiger partial charge in [-0.05, 0) is 39.2 Å². The Balaban J connectivity index is 0.00000280. The Labute approximate surface area is 177 Å². The Hall–Kier alpha value is -2.23. The number of benzene rings is 1. The fraction of sp³-hybridized carbons (Fsp3) is 0.333. The van der Waals surface area contributed by atoms with Gasteiger partial charge in [-0.2, -0.15) is 5.10 Å². The topological polar surface area (TPSA) is 82.2 Å². The predicted molar refractivity (Wildman–Crippen MR) is 111 cm³/mol. The molecule has 8 nitrogen and oxygen atoms in total. The zero-order chi connectivity index (χ0) is 19.4. The molecule has 0 spiro atoms. The van der Waals surface area contributed by atoms with Gasteiger partial charge in [0.25, 0.3) is 5.91 Å². The normalized spacial score (nSPS) is 14.4. The van der Waals surface area contributed by atoms with Gasteiger partial charge >= 0.3 is 6.03 Å². The average molecular weight is 471 g/mol. The molecular weight excluding hydrogens is 450 g/mol. The summed E-state index contributed by atoms with van der Waals surface area (Å²) in [5, 5.41) is 5.19. The van der Waals surface area contributed by atoms with Crippen LogP contribution in [0.4, 0.5) is 4.79 Å².